The van der Waals surface area contributed by atoms with Crippen molar-refractivity contribution < 1.29 is 14.0 Å². The highest BCUT2D eigenvalue weighted by Gasteiger charge is 2.25. The number of hydrogen-bond donors (Lipinski definition) is 0. The Morgan fingerprint density at radius 1 is 0.931 bits per heavy atom. The normalized spacial score (nSPS) is 12.2. The fourth-order valence-corrected chi connectivity index (χ4v) is 3.95. The van der Waals surface area contributed by atoms with Crippen LogP contribution in [0.3, 0.4) is 0 Å². The zero-order valence-electron chi connectivity index (χ0n) is 18.8. The van der Waals surface area contributed by atoms with Gasteiger partial charge in [0.25, 0.3) is 14.3 Å². The molecule has 0 aliphatic rings. The quantitative estimate of drug-likeness (QED) is 0.369. The van der Waals surface area contributed by atoms with Crippen molar-refractivity contribution in [3.63, 3.8) is 0 Å². The number of carbonyl (C=O) groups excluding carboxylic acids is 1. The molecule has 0 atom stereocenters. The summed E-state index contributed by atoms with van der Waals surface area (Å²) in [6.45, 7) is 17.8. The Balaban J connectivity index is 2.28. The van der Waals surface area contributed by atoms with Crippen LogP contribution in [0.5, 0.6) is 11.5 Å². The summed E-state index contributed by atoms with van der Waals surface area (Å²) in [7, 11) is -0.996. The van der Waals surface area contributed by atoms with Crippen LogP contribution in [0.25, 0.3) is 0 Å². The molecule has 0 N–H and O–H groups in total. The molecule has 29 heavy (non-hydrogen) atoms. The van der Waals surface area contributed by atoms with Gasteiger partial charge < -0.3 is 9.16 Å². The topological polar surface area (TPSA) is 35.5 Å². The van der Waals surface area contributed by atoms with E-state index in [2.05, 4.69) is 59.7 Å². The minimum Gasteiger partial charge on any atom is -0.542 e. The largest absolute Gasteiger partial charge is 0.542 e. The predicted octanol–water partition coefficient (Wildman–Crippen LogP) is 6.87. The van der Waals surface area contributed by atoms with Crippen molar-refractivity contribution in [3.8, 4) is 11.5 Å². The Labute approximate surface area is 182 Å². The fourth-order valence-electron chi connectivity index (χ4n) is 3.18. The summed E-state index contributed by atoms with van der Waals surface area (Å²) in [5, 5.41) is -0.543. The summed E-state index contributed by atoms with van der Waals surface area (Å²) < 4.78 is 11.7. The van der Waals surface area contributed by atoms with Gasteiger partial charge in [-0.1, -0.05) is 59.7 Å². The molecular formula is C24H32ClO3Si. The van der Waals surface area contributed by atoms with E-state index in [0.717, 1.165) is 5.56 Å². The lowest BCUT2D eigenvalue weighted by Crippen LogP contribution is -2.22. The third-order valence-electron chi connectivity index (χ3n) is 4.58. The molecule has 2 aromatic rings. The van der Waals surface area contributed by atoms with Crippen LogP contribution < -0.4 is 9.16 Å². The van der Waals surface area contributed by atoms with Gasteiger partial charge in [-0.25, -0.2) is 0 Å². The van der Waals surface area contributed by atoms with Crippen LogP contribution in [0.15, 0.2) is 36.4 Å². The number of halogens is 1. The highest BCUT2D eigenvalue weighted by molar-refractivity contribution is 6.68. The van der Waals surface area contributed by atoms with E-state index >= 15 is 0 Å². The Kier molecular flexibility index (Phi) is 7.23. The maximum atomic E-state index is 11.8. The van der Waals surface area contributed by atoms with Crippen molar-refractivity contribution in [2.75, 3.05) is 0 Å². The van der Waals surface area contributed by atoms with E-state index in [9.17, 15) is 4.79 Å². The van der Waals surface area contributed by atoms with Gasteiger partial charge in [0.1, 0.15) is 18.1 Å². The lowest BCUT2D eigenvalue weighted by atomic mass is 9.75. The molecule has 0 aliphatic heterocycles. The summed E-state index contributed by atoms with van der Waals surface area (Å²) >= 11 is 5.75. The van der Waals surface area contributed by atoms with E-state index in [0.29, 0.717) is 23.7 Å². The van der Waals surface area contributed by atoms with Crippen molar-refractivity contribution in [1.29, 1.82) is 0 Å². The molecule has 0 saturated heterocycles. The zero-order chi connectivity index (χ0) is 22.0. The van der Waals surface area contributed by atoms with E-state index in [1.807, 2.05) is 19.2 Å². The van der Waals surface area contributed by atoms with Crippen molar-refractivity contribution in [3.05, 3.63) is 58.7 Å². The molecule has 2 rings (SSSR count). The summed E-state index contributed by atoms with van der Waals surface area (Å²) in [5.74, 6) is 1.11. The molecule has 3 nitrogen and oxygen atoms in total. The van der Waals surface area contributed by atoms with E-state index in [4.69, 9.17) is 20.8 Å². The molecule has 0 spiro atoms. The molecule has 0 bridgehead atoms. The van der Waals surface area contributed by atoms with Crippen molar-refractivity contribution in [1.82, 2.24) is 0 Å². The fraction of sp³-hybridized carbons (Fsp3) is 0.458. The van der Waals surface area contributed by atoms with Gasteiger partial charge in [0.15, 0.2) is 0 Å². The first kappa shape index (κ1) is 23.5. The van der Waals surface area contributed by atoms with Gasteiger partial charge in [0, 0.05) is 0 Å². The second kappa shape index (κ2) is 8.93. The summed E-state index contributed by atoms with van der Waals surface area (Å²) in [5.41, 5.74) is 4.22. The molecule has 157 valence electrons. The summed E-state index contributed by atoms with van der Waals surface area (Å²) in [6, 6.07) is 11.8. The van der Waals surface area contributed by atoms with Gasteiger partial charge in [0.05, 0.1) is 5.56 Å². The van der Waals surface area contributed by atoms with Gasteiger partial charge in [0.2, 0.25) is 0 Å². The van der Waals surface area contributed by atoms with Gasteiger partial charge in [-0.05, 0) is 70.4 Å². The maximum Gasteiger partial charge on any atom is 0.274 e. The summed E-state index contributed by atoms with van der Waals surface area (Å²) in [4.78, 5) is 11.8. The molecule has 0 fully saturated rings. The van der Waals surface area contributed by atoms with Crippen molar-refractivity contribution in [2.24, 2.45) is 0 Å². The van der Waals surface area contributed by atoms with E-state index in [-0.39, 0.29) is 10.8 Å². The summed E-state index contributed by atoms with van der Waals surface area (Å²) in [6.07, 6.45) is 0. The minimum atomic E-state index is -0.996. The average molecular weight is 432 g/mol. The first-order valence-corrected chi connectivity index (χ1v) is 12.7. The average Bonchev–Trinajstić information content (AvgIpc) is 2.58. The SMILES string of the molecule is C[Si](C)Oc1ccc(OCc2ccc(C(C)(C)C)c(C(C)(C)C)c2)cc1C(=O)Cl. The number of benzene rings is 2. The van der Waals surface area contributed by atoms with Crippen LogP contribution in [0.2, 0.25) is 13.1 Å². The number of carbonyl (C=O) groups is 1. The molecular weight excluding hydrogens is 400 g/mol. The van der Waals surface area contributed by atoms with Crippen LogP contribution in [0.1, 0.15) is 68.6 Å². The molecule has 0 aliphatic carbocycles. The molecule has 0 saturated carbocycles. The molecule has 2 aromatic carbocycles. The van der Waals surface area contributed by atoms with E-state index in [1.54, 1.807) is 12.1 Å². The van der Waals surface area contributed by atoms with Crippen LogP contribution >= 0.6 is 11.6 Å². The second-order valence-electron chi connectivity index (χ2n) is 9.61. The van der Waals surface area contributed by atoms with Gasteiger partial charge in [-0.15, -0.1) is 0 Å². The lowest BCUT2D eigenvalue weighted by molar-refractivity contribution is 0.107. The van der Waals surface area contributed by atoms with Crippen LogP contribution in [0, 0.1) is 0 Å². The van der Waals surface area contributed by atoms with Crippen LogP contribution in [0.4, 0.5) is 0 Å². The van der Waals surface area contributed by atoms with Gasteiger partial charge >= 0.3 is 0 Å². The maximum absolute atomic E-state index is 11.8. The second-order valence-corrected chi connectivity index (χ2v) is 12.0. The van der Waals surface area contributed by atoms with Crippen molar-refractivity contribution in [2.45, 2.75) is 72.1 Å². The van der Waals surface area contributed by atoms with Gasteiger partial charge in [-0.2, -0.15) is 0 Å². The first-order chi connectivity index (χ1) is 13.3. The van der Waals surface area contributed by atoms with Crippen LogP contribution in [-0.2, 0) is 17.4 Å². The standard InChI is InChI=1S/C24H32ClO3Si/c1-23(2,3)19-11-9-16(13-20(19)24(4,5)6)15-27-17-10-12-21(28-29(7)8)18(14-17)22(25)26/h9-14H,15H2,1-8H3. The van der Waals surface area contributed by atoms with E-state index in [1.165, 1.54) is 11.1 Å². The lowest BCUT2D eigenvalue weighted by Gasteiger charge is -2.30. The third-order valence-corrected chi connectivity index (χ3v) is 5.41. The Morgan fingerprint density at radius 3 is 2.07 bits per heavy atom. The molecule has 0 unspecified atom stereocenters. The molecule has 0 heterocycles. The number of hydrogen-bond acceptors (Lipinski definition) is 3. The Bertz CT molecular complexity index is 877. The highest BCUT2D eigenvalue weighted by atomic mass is 35.5. The smallest absolute Gasteiger partial charge is 0.274 e. The van der Waals surface area contributed by atoms with Crippen LogP contribution in [-0.4, -0.2) is 14.3 Å². The molecule has 0 aromatic heterocycles. The molecule has 1 radical (unpaired) electrons. The highest BCUT2D eigenvalue weighted by Crippen LogP contribution is 2.35. The number of rotatable bonds is 6. The minimum absolute atomic E-state index is 0.0372. The third kappa shape index (κ3) is 6.35. The van der Waals surface area contributed by atoms with E-state index < -0.39 is 14.3 Å². The Morgan fingerprint density at radius 2 is 1.55 bits per heavy atom. The number of ether oxygens (including phenoxy) is 1. The monoisotopic (exact) mass is 431 g/mol. The van der Waals surface area contributed by atoms with Crippen molar-refractivity contribution >= 4 is 25.9 Å². The first-order valence-electron chi connectivity index (χ1n) is 9.87. The molecule has 5 heteroatoms. The Hall–Kier alpha value is -1.78. The predicted molar refractivity (Wildman–Crippen MR) is 123 cm³/mol. The zero-order valence-corrected chi connectivity index (χ0v) is 20.5. The van der Waals surface area contributed by atoms with Gasteiger partial charge in [-0.3, -0.25) is 4.79 Å². The molecule has 0 amide bonds.